The average Bonchev–Trinajstić information content (AvgIpc) is 3.23. The average molecular weight is 401 g/mol. The Morgan fingerprint density at radius 3 is 2.79 bits per heavy atom. The minimum absolute atomic E-state index is 0.0554. The summed E-state index contributed by atoms with van der Waals surface area (Å²) in [6.07, 6.45) is 2.70. The van der Waals surface area contributed by atoms with Gasteiger partial charge in [0.25, 0.3) is 11.6 Å². The molecule has 1 saturated heterocycles. The number of thioether (sulfide) groups is 1. The van der Waals surface area contributed by atoms with Gasteiger partial charge in [-0.1, -0.05) is 12.1 Å². The molecule has 0 unspecified atom stereocenters. The summed E-state index contributed by atoms with van der Waals surface area (Å²) in [5, 5.41) is 14.5. The fourth-order valence-electron chi connectivity index (χ4n) is 3.81. The number of benzene rings is 2. The molecule has 0 bridgehead atoms. The highest BCUT2D eigenvalue weighted by Crippen LogP contribution is 2.38. The number of hydrogen-bond donors (Lipinski definition) is 1. The Balaban J connectivity index is 1.58. The molecule has 4 rings (SSSR count). The zero-order valence-corrected chi connectivity index (χ0v) is 16.0. The number of anilines is 1. The maximum absolute atomic E-state index is 14.0. The van der Waals surface area contributed by atoms with Crippen molar-refractivity contribution >= 4 is 29.0 Å². The highest BCUT2D eigenvalue weighted by atomic mass is 32.2. The number of nitro groups is 1. The van der Waals surface area contributed by atoms with Gasteiger partial charge in [-0.2, -0.15) is 0 Å². The van der Waals surface area contributed by atoms with Crippen molar-refractivity contribution in [2.24, 2.45) is 0 Å². The highest BCUT2D eigenvalue weighted by Gasteiger charge is 2.27. The Bertz CT molecular complexity index is 931. The second-order valence-electron chi connectivity index (χ2n) is 6.98. The van der Waals surface area contributed by atoms with E-state index in [2.05, 4.69) is 5.32 Å². The number of carbonyl (C=O) groups is 1. The summed E-state index contributed by atoms with van der Waals surface area (Å²) in [4.78, 5) is 26.4. The van der Waals surface area contributed by atoms with Crippen molar-refractivity contribution in [1.29, 1.82) is 0 Å². The summed E-state index contributed by atoms with van der Waals surface area (Å²) in [5.41, 5.74) is 1.50. The second kappa shape index (κ2) is 7.79. The van der Waals surface area contributed by atoms with Crippen molar-refractivity contribution in [1.82, 2.24) is 5.32 Å². The lowest BCUT2D eigenvalue weighted by molar-refractivity contribution is -0.384. The molecule has 6 nitrogen and oxygen atoms in total. The first-order valence-electron chi connectivity index (χ1n) is 9.30. The first-order chi connectivity index (χ1) is 13.5. The lowest BCUT2D eigenvalue weighted by atomic mass is 10.0. The molecule has 1 amide bonds. The number of nitrogens with one attached hydrogen (secondary N) is 1. The third-order valence-electron chi connectivity index (χ3n) is 5.21. The zero-order valence-electron chi connectivity index (χ0n) is 15.2. The van der Waals surface area contributed by atoms with Gasteiger partial charge in [0.15, 0.2) is 0 Å². The minimum Gasteiger partial charge on any atom is -0.366 e. The summed E-state index contributed by atoms with van der Waals surface area (Å²) in [6, 6.07) is 9.17. The number of amides is 1. The van der Waals surface area contributed by atoms with Crippen LogP contribution in [0.25, 0.3) is 0 Å². The van der Waals surface area contributed by atoms with Crippen LogP contribution in [0, 0.1) is 15.9 Å². The quantitative estimate of drug-likeness (QED) is 0.611. The SMILES string of the molecule is O=C(N[C@@H]1CCSc2c(F)cccc21)c1ccc(N2CCCC2)c([N+](=O)[O-])c1. The predicted octanol–water partition coefficient (Wildman–Crippen LogP) is 4.30. The van der Waals surface area contributed by atoms with Crippen molar-refractivity contribution < 1.29 is 14.1 Å². The van der Waals surface area contributed by atoms with Crippen LogP contribution in [-0.4, -0.2) is 29.7 Å². The molecule has 2 aliphatic rings. The van der Waals surface area contributed by atoms with Gasteiger partial charge in [-0.3, -0.25) is 14.9 Å². The molecule has 146 valence electrons. The molecule has 28 heavy (non-hydrogen) atoms. The van der Waals surface area contributed by atoms with Gasteiger partial charge in [0.2, 0.25) is 0 Å². The molecule has 2 aromatic carbocycles. The standard InChI is InChI=1S/C20H20FN3O3S/c21-15-5-3-4-14-16(8-11-28-19(14)15)22-20(25)13-6-7-17(18(12-13)24(26)27)23-9-1-2-10-23/h3-7,12,16H,1-2,8-11H2,(H,22,25)/t16-/m1/s1. The van der Waals surface area contributed by atoms with Gasteiger partial charge in [0, 0.05) is 35.4 Å². The maximum atomic E-state index is 14.0. The van der Waals surface area contributed by atoms with Crippen LogP contribution in [0.15, 0.2) is 41.3 Å². The van der Waals surface area contributed by atoms with Crippen LogP contribution < -0.4 is 10.2 Å². The lowest BCUT2D eigenvalue weighted by Gasteiger charge is -2.26. The Labute approximate surface area is 166 Å². The van der Waals surface area contributed by atoms with Crippen molar-refractivity contribution in [2.45, 2.75) is 30.2 Å². The largest absolute Gasteiger partial charge is 0.366 e. The Morgan fingerprint density at radius 2 is 2.04 bits per heavy atom. The van der Waals surface area contributed by atoms with Crippen molar-refractivity contribution in [3.63, 3.8) is 0 Å². The first-order valence-corrected chi connectivity index (χ1v) is 10.3. The number of fused-ring (bicyclic) bond motifs is 1. The molecule has 0 aliphatic carbocycles. The molecule has 8 heteroatoms. The monoisotopic (exact) mass is 401 g/mol. The van der Waals surface area contributed by atoms with Crippen LogP contribution in [0.3, 0.4) is 0 Å². The third-order valence-corrected chi connectivity index (χ3v) is 6.37. The van der Waals surface area contributed by atoms with E-state index in [0.29, 0.717) is 22.8 Å². The number of nitrogens with zero attached hydrogens (tertiary/aromatic N) is 2. The van der Waals surface area contributed by atoms with Crippen LogP contribution in [0.2, 0.25) is 0 Å². The van der Waals surface area contributed by atoms with Crippen LogP contribution in [0.4, 0.5) is 15.8 Å². The molecule has 1 fully saturated rings. The number of hydrogen-bond acceptors (Lipinski definition) is 5. The summed E-state index contributed by atoms with van der Waals surface area (Å²) in [7, 11) is 0. The molecular formula is C20H20FN3O3S. The van der Waals surface area contributed by atoms with E-state index in [1.54, 1.807) is 18.2 Å². The first kappa shape index (κ1) is 18.7. The van der Waals surface area contributed by atoms with Gasteiger partial charge >= 0.3 is 0 Å². The van der Waals surface area contributed by atoms with Crippen LogP contribution in [-0.2, 0) is 0 Å². The van der Waals surface area contributed by atoms with Gasteiger partial charge in [0.05, 0.1) is 11.0 Å². The molecule has 2 aliphatic heterocycles. The Kier molecular flexibility index (Phi) is 5.21. The fraction of sp³-hybridized carbons (Fsp3) is 0.350. The molecule has 1 atom stereocenters. The van der Waals surface area contributed by atoms with Crippen molar-refractivity contribution in [3.8, 4) is 0 Å². The van der Waals surface area contributed by atoms with E-state index in [-0.39, 0.29) is 29.0 Å². The molecule has 1 N–H and O–H groups in total. The van der Waals surface area contributed by atoms with E-state index in [9.17, 15) is 19.3 Å². The summed E-state index contributed by atoms with van der Waals surface area (Å²) >= 11 is 1.44. The summed E-state index contributed by atoms with van der Waals surface area (Å²) < 4.78 is 14.0. The summed E-state index contributed by atoms with van der Waals surface area (Å²) in [6.45, 7) is 1.57. The molecule has 0 saturated carbocycles. The van der Waals surface area contributed by atoms with E-state index in [1.165, 1.54) is 23.9 Å². The number of halogens is 1. The van der Waals surface area contributed by atoms with Gasteiger partial charge in [0.1, 0.15) is 11.5 Å². The Morgan fingerprint density at radius 1 is 1.25 bits per heavy atom. The fourth-order valence-corrected chi connectivity index (χ4v) is 4.95. The van der Waals surface area contributed by atoms with Gasteiger partial charge < -0.3 is 10.2 Å². The third kappa shape index (κ3) is 3.56. The van der Waals surface area contributed by atoms with Crippen molar-refractivity contribution in [3.05, 3.63) is 63.5 Å². The molecule has 2 aromatic rings. The second-order valence-corrected chi connectivity index (χ2v) is 8.08. The molecule has 0 radical (unpaired) electrons. The smallest absolute Gasteiger partial charge is 0.293 e. The van der Waals surface area contributed by atoms with E-state index >= 15 is 0 Å². The summed E-state index contributed by atoms with van der Waals surface area (Å²) in [5.74, 6) is 0.0302. The van der Waals surface area contributed by atoms with E-state index in [1.807, 2.05) is 11.0 Å². The molecule has 0 aromatic heterocycles. The molecule has 0 spiro atoms. The van der Waals surface area contributed by atoms with Gasteiger partial charge in [-0.15, -0.1) is 11.8 Å². The highest BCUT2D eigenvalue weighted by molar-refractivity contribution is 7.99. The van der Waals surface area contributed by atoms with Gasteiger partial charge in [-0.25, -0.2) is 4.39 Å². The molecular weight excluding hydrogens is 381 g/mol. The zero-order chi connectivity index (χ0) is 19.7. The predicted molar refractivity (Wildman–Crippen MR) is 106 cm³/mol. The number of rotatable bonds is 4. The number of carbonyl (C=O) groups excluding carboxylic acids is 1. The normalized spacial score (nSPS) is 18.6. The van der Waals surface area contributed by atoms with Crippen LogP contribution in [0.1, 0.15) is 41.2 Å². The molecule has 2 heterocycles. The van der Waals surface area contributed by atoms with Crippen molar-refractivity contribution in [2.75, 3.05) is 23.7 Å². The number of nitro benzene ring substituents is 1. The van der Waals surface area contributed by atoms with Crippen LogP contribution >= 0.6 is 11.8 Å². The van der Waals surface area contributed by atoms with E-state index in [4.69, 9.17) is 0 Å². The lowest BCUT2D eigenvalue weighted by Crippen LogP contribution is -2.31. The van der Waals surface area contributed by atoms with E-state index in [0.717, 1.165) is 31.5 Å². The van der Waals surface area contributed by atoms with Crippen LogP contribution in [0.5, 0.6) is 0 Å². The maximum Gasteiger partial charge on any atom is 0.293 e. The minimum atomic E-state index is -0.438. The topological polar surface area (TPSA) is 75.5 Å². The van der Waals surface area contributed by atoms with E-state index < -0.39 is 4.92 Å². The van der Waals surface area contributed by atoms with Gasteiger partial charge in [-0.05, 0) is 43.0 Å². The Hall–Kier alpha value is -2.61.